The predicted molar refractivity (Wildman–Crippen MR) is 94.7 cm³/mol. The van der Waals surface area contributed by atoms with Crippen molar-refractivity contribution in [3.63, 3.8) is 0 Å². The first-order valence-electron chi connectivity index (χ1n) is 9.04. The third-order valence-electron chi connectivity index (χ3n) is 5.31. The maximum absolute atomic E-state index is 12.1. The molecule has 2 fully saturated rings. The second kappa shape index (κ2) is 7.82. The van der Waals surface area contributed by atoms with Crippen LogP contribution < -0.4 is 10.6 Å². The summed E-state index contributed by atoms with van der Waals surface area (Å²) >= 11 is 0. The van der Waals surface area contributed by atoms with Gasteiger partial charge in [0.2, 0.25) is 0 Å². The molecule has 7 nitrogen and oxygen atoms in total. The molecule has 2 saturated carbocycles. The molecule has 2 aliphatic carbocycles. The van der Waals surface area contributed by atoms with Crippen LogP contribution in [-0.2, 0) is 4.79 Å². The van der Waals surface area contributed by atoms with Crippen LogP contribution in [0, 0.1) is 0 Å². The summed E-state index contributed by atoms with van der Waals surface area (Å²) in [5.74, 6) is 0.375. The molecule has 0 saturated heterocycles. The van der Waals surface area contributed by atoms with Gasteiger partial charge in [0.15, 0.2) is 0 Å². The number of nitrogens with one attached hydrogen (secondary N) is 2. The fraction of sp³-hybridized carbons (Fsp3) is 0.611. The van der Waals surface area contributed by atoms with Crippen LogP contribution in [0.3, 0.4) is 0 Å². The normalized spacial score (nSPS) is 22.8. The van der Waals surface area contributed by atoms with Gasteiger partial charge >= 0.3 is 12.0 Å². The van der Waals surface area contributed by atoms with E-state index in [2.05, 4.69) is 15.6 Å². The van der Waals surface area contributed by atoms with Crippen LogP contribution in [0.4, 0.5) is 10.6 Å². The Bertz CT molecular complexity index is 609. The Balaban J connectivity index is 1.40. The molecule has 0 bridgehead atoms. The average molecular weight is 346 g/mol. The van der Waals surface area contributed by atoms with Crippen molar-refractivity contribution in [2.24, 2.45) is 0 Å². The van der Waals surface area contributed by atoms with Crippen LogP contribution in [0.1, 0.15) is 50.5 Å². The molecule has 136 valence electrons. The number of nitrogens with zero attached hydrogens (tertiary/aromatic N) is 2. The Kier molecular flexibility index (Phi) is 5.53. The van der Waals surface area contributed by atoms with E-state index in [0.717, 1.165) is 12.8 Å². The lowest BCUT2D eigenvalue weighted by Crippen LogP contribution is -2.55. The highest BCUT2D eigenvalue weighted by atomic mass is 16.4. The van der Waals surface area contributed by atoms with Crippen LogP contribution in [0.2, 0.25) is 0 Å². The molecule has 0 atom stereocenters. The van der Waals surface area contributed by atoms with Gasteiger partial charge in [0.1, 0.15) is 5.82 Å². The molecule has 1 aromatic heterocycles. The number of amides is 2. The van der Waals surface area contributed by atoms with Crippen molar-refractivity contribution >= 4 is 17.8 Å². The smallest absolute Gasteiger partial charge is 0.320 e. The number of aromatic nitrogens is 1. The number of pyridine rings is 1. The van der Waals surface area contributed by atoms with E-state index in [4.69, 9.17) is 5.11 Å². The molecule has 0 aromatic carbocycles. The van der Waals surface area contributed by atoms with Gasteiger partial charge in [0.25, 0.3) is 0 Å². The van der Waals surface area contributed by atoms with Gasteiger partial charge in [-0.25, -0.2) is 9.78 Å². The van der Waals surface area contributed by atoms with E-state index < -0.39 is 5.97 Å². The molecule has 3 N–H and O–H groups in total. The number of carbonyl (C=O) groups is 2. The van der Waals surface area contributed by atoms with E-state index in [0.29, 0.717) is 18.3 Å². The SMILES string of the molecule is CCN(CC(=O)O)C1CC(NC(=O)Nc2ccc(C3CCC3)cn2)C1. The van der Waals surface area contributed by atoms with Crippen molar-refractivity contribution < 1.29 is 14.7 Å². The average Bonchev–Trinajstić information content (AvgIpc) is 2.48. The number of urea groups is 1. The van der Waals surface area contributed by atoms with Crippen molar-refractivity contribution in [1.82, 2.24) is 15.2 Å². The Hall–Kier alpha value is -2.15. The zero-order chi connectivity index (χ0) is 17.8. The third-order valence-corrected chi connectivity index (χ3v) is 5.31. The first-order chi connectivity index (χ1) is 12.0. The van der Waals surface area contributed by atoms with E-state index in [1.807, 2.05) is 30.2 Å². The highest BCUT2D eigenvalue weighted by molar-refractivity contribution is 5.88. The van der Waals surface area contributed by atoms with Gasteiger partial charge < -0.3 is 10.4 Å². The van der Waals surface area contributed by atoms with Crippen LogP contribution in [0.5, 0.6) is 0 Å². The summed E-state index contributed by atoms with van der Waals surface area (Å²) in [6.45, 7) is 2.71. The fourth-order valence-electron chi connectivity index (χ4n) is 3.48. The number of carboxylic acid groups (broad SMARTS) is 1. The van der Waals surface area contributed by atoms with Crippen molar-refractivity contribution in [2.75, 3.05) is 18.4 Å². The van der Waals surface area contributed by atoms with Crippen molar-refractivity contribution in [3.05, 3.63) is 23.9 Å². The molecule has 7 heteroatoms. The number of aliphatic carboxylic acids is 1. The molecule has 0 spiro atoms. The molecule has 2 amide bonds. The van der Waals surface area contributed by atoms with Gasteiger partial charge in [-0.05, 0) is 49.8 Å². The number of carboxylic acids is 1. The van der Waals surface area contributed by atoms with Gasteiger partial charge in [-0.15, -0.1) is 0 Å². The summed E-state index contributed by atoms with van der Waals surface area (Å²) in [6.07, 6.45) is 7.16. The topological polar surface area (TPSA) is 94.6 Å². The maximum atomic E-state index is 12.1. The van der Waals surface area contributed by atoms with Crippen molar-refractivity contribution in [3.8, 4) is 0 Å². The molecule has 1 aromatic rings. The molecular formula is C18H26N4O3. The largest absolute Gasteiger partial charge is 0.480 e. The van der Waals surface area contributed by atoms with Gasteiger partial charge in [0, 0.05) is 18.3 Å². The number of hydrogen-bond donors (Lipinski definition) is 3. The van der Waals surface area contributed by atoms with Gasteiger partial charge in [0.05, 0.1) is 6.54 Å². The number of rotatable bonds is 7. The van der Waals surface area contributed by atoms with E-state index >= 15 is 0 Å². The minimum absolute atomic E-state index is 0.0529. The Morgan fingerprint density at radius 1 is 1.32 bits per heavy atom. The van der Waals surface area contributed by atoms with E-state index in [1.165, 1.54) is 24.8 Å². The minimum atomic E-state index is -0.813. The second-order valence-electron chi connectivity index (χ2n) is 6.98. The summed E-state index contributed by atoms with van der Waals surface area (Å²) in [5, 5.41) is 14.6. The monoisotopic (exact) mass is 346 g/mol. The number of anilines is 1. The molecule has 25 heavy (non-hydrogen) atoms. The highest BCUT2D eigenvalue weighted by Crippen LogP contribution is 2.36. The van der Waals surface area contributed by atoms with E-state index in [1.54, 1.807) is 0 Å². The summed E-state index contributed by atoms with van der Waals surface area (Å²) in [6, 6.07) is 3.95. The van der Waals surface area contributed by atoms with Crippen LogP contribution >= 0.6 is 0 Å². The van der Waals surface area contributed by atoms with Crippen LogP contribution in [0.15, 0.2) is 18.3 Å². The molecule has 0 aliphatic heterocycles. The number of carbonyl (C=O) groups excluding carboxylic acids is 1. The van der Waals surface area contributed by atoms with Crippen molar-refractivity contribution in [1.29, 1.82) is 0 Å². The summed E-state index contributed by atoms with van der Waals surface area (Å²) < 4.78 is 0. The first-order valence-corrected chi connectivity index (χ1v) is 9.04. The van der Waals surface area contributed by atoms with Crippen LogP contribution in [-0.4, -0.2) is 52.2 Å². The lowest BCUT2D eigenvalue weighted by molar-refractivity contribution is -0.139. The zero-order valence-corrected chi connectivity index (χ0v) is 14.6. The second-order valence-corrected chi connectivity index (χ2v) is 6.98. The van der Waals surface area contributed by atoms with Crippen molar-refractivity contribution in [2.45, 2.75) is 57.0 Å². The van der Waals surface area contributed by atoms with Gasteiger partial charge in [-0.2, -0.15) is 0 Å². The number of likely N-dealkylation sites (N-methyl/N-ethyl adjacent to an activating group) is 1. The molecule has 2 aliphatic rings. The first kappa shape index (κ1) is 17.7. The molecule has 0 unspecified atom stereocenters. The van der Waals surface area contributed by atoms with E-state index in [9.17, 15) is 9.59 Å². The lowest BCUT2D eigenvalue weighted by atomic mass is 9.81. The number of hydrogen-bond acceptors (Lipinski definition) is 4. The van der Waals surface area contributed by atoms with E-state index in [-0.39, 0.29) is 24.7 Å². The quantitative estimate of drug-likeness (QED) is 0.705. The molecule has 1 heterocycles. The Morgan fingerprint density at radius 3 is 2.60 bits per heavy atom. The fourth-order valence-corrected chi connectivity index (χ4v) is 3.48. The molecular weight excluding hydrogens is 320 g/mol. The maximum Gasteiger partial charge on any atom is 0.320 e. The van der Waals surface area contributed by atoms with Crippen LogP contribution in [0.25, 0.3) is 0 Å². The minimum Gasteiger partial charge on any atom is -0.480 e. The lowest BCUT2D eigenvalue weighted by Gasteiger charge is -2.42. The molecule has 3 rings (SSSR count). The predicted octanol–water partition coefficient (Wildman–Crippen LogP) is 2.41. The van der Waals surface area contributed by atoms with Gasteiger partial charge in [-0.1, -0.05) is 19.4 Å². The Labute approximate surface area is 147 Å². The third kappa shape index (κ3) is 4.48. The summed E-state index contributed by atoms with van der Waals surface area (Å²) in [5.41, 5.74) is 1.25. The van der Waals surface area contributed by atoms with Gasteiger partial charge in [-0.3, -0.25) is 15.0 Å². The summed E-state index contributed by atoms with van der Waals surface area (Å²) in [7, 11) is 0. The zero-order valence-electron chi connectivity index (χ0n) is 14.6. The standard InChI is InChI=1S/C18H26N4O3/c1-2-22(11-17(23)24)15-8-14(9-15)20-18(25)21-16-7-6-13(10-19-16)12-4-3-5-12/h6-7,10,12,14-15H,2-5,8-9,11H2,1H3,(H,23,24)(H2,19,20,21,25). The highest BCUT2D eigenvalue weighted by Gasteiger charge is 2.34. The summed E-state index contributed by atoms with van der Waals surface area (Å²) in [4.78, 5) is 29.1. The Morgan fingerprint density at radius 2 is 2.08 bits per heavy atom. The molecule has 0 radical (unpaired) electrons.